The standard InChI is InChI=1S/C10H12N2O3/c1-2-5-11-9(13)10(14)12-7-8-4-3-6-15-8/h2-4,6H,1,5,7H2,(H,11,13)(H,12,14). The molecule has 0 aromatic carbocycles. The van der Waals surface area contributed by atoms with Crippen LogP contribution >= 0.6 is 0 Å². The van der Waals surface area contributed by atoms with E-state index < -0.39 is 11.8 Å². The van der Waals surface area contributed by atoms with Crippen LogP contribution < -0.4 is 10.6 Å². The van der Waals surface area contributed by atoms with Crippen LogP contribution in [-0.4, -0.2) is 18.4 Å². The van der Waals surface area contributed by atoms with Gasteiger partial charge in [-0.2, -0.15) is 0 Å². The van der Waals surface area contributed by atoms with Crippen molar-refractivity contribution in [2.24, 2.45) is 0 Å². The summed E-state index contributed by atoms with van der Waals surface area (Å²) in [7, 11) is 0. The van der Waals surface area contributed by atoms with Crippen LogP contribution in [0.15, 0.2) is 35.5 Å². The van der Waals surface area contributed by atoms with Crippen LogP contribution in [-0.2, 0) is 16.1 Å². The van der Waals surface area contributed by atoms with Gasteiger partial charge in [0.2, 0.25) is 0 Å². The van der Waals surface area contributed by atoms with E-state index in [1.54, 1.807) is 12.1 Å². The summed E-state index contributed by atoms with van der Waals surface area (Å²) in [6, 6.07) is 3.42. The van der Waals surface area contributed by atoms with E-state index in [4.69, 9.17) is 4.42 Å². The van der Waals surface area contributed by atoms with Gasteiger partial charge in [0.1, 0.15) is 5.76 Å². The number of nitrogens with one attached hydrogen (secondary N) is 2. The fraction of sp³-hybridized carbons (Fsp3) is 0.200. The zero-order valence-electron chi connectivity index (χ0n) is 8.16. The molecule has 1 rings (SSSR count). The average Bonchev–Trinajstić information content (AvgIpc) is 2.75. The van der Waals surface area contributed by atoms with Gasteiger partial charge in [-0.3, -0.25) is 9.59 Å². The lowest BCUT2D eigenvalue weighted by molar-refractivity contribution is -0.139. The van der Waals surface area contributed by atoms with E-state index in [-0.39, 0.29) is 13.1 Å². The Morgan fingerprint density at radius 2 is 2.13 bits per heavy atom. The molecule has 0 unspecified atom stereocenters. The molecule has 0 spiro atoms. The third-order valence-electron chi connectivity index (χ3n) is 1.62. The molecule has 15 heavy (non-hydrogen) atoms. The minimum absolute atomic E-state index is 0.202. The second kappa shape index (κ2) is 5.64. The first-order valence-corrected chi connectivity index (χ1v) is 4.43. The van der Waals surface area contributed by atoms with Crippen LogP contribution in [0, 0.1) is 0 Å². The topological polar surface area (TPSA) is 71.3 Å². The fourth-order valence-electron chi connectivity index (χ4n) is 0.906. The molecule has 0 saturated carbocycles. The molecular weight excluding hydrogens is 196 g/mol. The van der Waals surface area contributed by atoms with Crippen molar-refractivity contribution in [3.05, 3.63) is 36.8 Å². The summed E-state index contributed by atoms with van der Waals surface area (Å²) in [4.78, 5) is 22.2. The van der Waals surface area contributed by atoms with Crippen LogP contribution in [0.4, 0.5) is 0 Å². The number of hydrogen-bond donors (Lipinski definition) is 2. The van der Waals surface area contributed by atoms with Crippen molar-refractivity contribution in [1.29, 1.82) is 0 Å². The Morgan fingerprint density at radius 1 is 1.40 bits per heavy atom. The number of rotatable bonds is 4. The first-order valence-electron chi connectivity index (χ1n) is 4.43. The number of hydrogen-bond acceptors (Lipinski definition) is 3. The van der Waals surface area contributed by atoms with Gasteiger partial charge in [0.25, 0.3) is 0 Å². The maximum absolute atomic E-state index is 11.1. The van der Waals surface area contributed by atoms with E-state index in [1.807, 2.05) is 0 Å². The van der Waals surface area contributed by atoms with Crippen molar-refractivity contribution < 1.29 is 14.0 Å². The van der Waals surface area contributed by atoms with E-state index in [1.165, 1.54) is 12.3 Å². The second-order valence-electron chi connectivity index (χ2n) is 2.76. The van der Waals surface area contributed by atoms with E-state index in [2.05, 4.69) is 17.2 Å². The zero-order chi connectivity index (χ0) is 11.1. The number of carbonyl (C=O) groups excluding carboxylic acids is 2. The Balaban J connectivity index is 2.29. The van der Waals surface area contributed by atoms with Crippen molar-refractivity contribution >= 4 is 11.8 Å². The van der Waals surface area contributed by atoms with Gasteiger partial charge in [0, 0.05) is 6.54 Å². The van der Waals surface area contributed by atoms with Gasteiger partial charge in [0.15, 0.2) is 0 Å². The van der Waals surface area contributed by atoms with E-state index in [0.29, 0.717) is 5.76 Å². The molecule has 0 radical (unpaired) electrons. The lowest BCUT2D eigenvalue weighted by Gasteiger charge is -2.02. The smallest absolute Gasteiger partial charge is 0.309 e. The Hall–Kier alpha value is -2.04. The van der Waals surface area contributed by atoms with Gasteiger partial charge in [-0.1, -0.05) is 6.08 Å². The predicted octanol–water partition coefficient (Wildman–Crippen LogP) is 0.198. The van der Waals surface area contributed by atoms with Gasteiger partial charge in [-0.25, -0.2) is 0 Å². The molecule has 5 nitrogen and oxygen atoms in total. The third-order valence-corrected chi connectivity index (χ3v) is 1.62. The normalized spacial score (nSPS) is 9.33. The van der Waals surface area contributed by atoms with E-state index >= 15 is 0 Å². The molecule has 0 fully saturated rings. The van der Waals surface area contributed by atoms with Gasteiger partial charge < -0.3 is 15.1 Å². The molecule has 0 aliphatic rings. The monoisotopic (exact) mass is 208 g/mol. The fourth-order valence-corrected chi connectivity index (χ4v) is 0.906. The van der Waals surface area contributed by atoms with Crippen LogP contribution in [0.25, 0.3) is 0 Å². The maximum atomic E-state index is 11.1. The lowest BCUT2D eigenvalue weighted by atomic mass is 10.4. The molecule has 0 aliphatic carbocycles. The highest BCUT2D eigenvalue weighted by atomic mass is 16.3. The van der Waals surface area contributed by atoms with Crippen molar-refractivity contribution in [3.8, 4) is 0 Å². The highest BCUT2D eigenvalue weighted by Gasteiger charge is 2.11. The SMILES string of the molecule is C=CCNC(=O)C(=O)NCc1ccco1. The summed E-state index contributed by atoms with van der Waals surface area (Å²) >= 11 is 0. The summed E-state index contributed by atoms with van der Waals surface area (Å²) in [5.74, 6) is -0.769. The average molecular weight is 208 g/mol. The largest absolute Gasteiger partial charge is 0.467 e. The minimum atomic E-state index is -0.687. The molecule has 80 valence electrons. The number of furan rings is 1. The van der Waals surface area contributed by atoms with Crippen LogP contribution in [0.3, 0.4) is 0 Å². The number of amides is 2. The number of carbonyl (C=O) groups is 2. The first-order chi connectivity index (χ1) is 7.24. The first kappa shape index (κ1) is 11.0. The van der Waals surface area contributed by atoms with Gasteiger partial charge in [-0.15, -0.1) is 6.58 Å². The molecule has 1 aromatic heterocycles. The molecule has 2 amide bonds. The summed E-state index contributed by atoms with van der Waals surface area (Å²) in [6.07, 6.45) is 3.00. The summed E-state index contributed by atoms with van der Waals surface area (Å²) < 4.78 is 4.98. The van der Waals surface area contributed by atoms with Crippen LogP contribution in [0.1, 0.15) is 5.76 Å². The van der Waals surface area contributed by atoms with Crippen molar-refractivity contribution in [3.63, 3.8) is 0 Å². The highest BCUT2D eigenvalue weighted by Crippen LogP contribution is 1.97. The van der Waals surface area contributed by atoms with Crippen LogP contribution in [0.5, 0.6) is 0 Å². The summed E-state index contributed by atoms with van der Waals surface area (Å²) in [5.41, 5.74) is 0. The van der Waals surface area contributed by atoms with Crippen LogP contribution in [0.2, 0.25) is 0 Å². The molecule has 1 heterocycles. The molecule has 2 N–H and O–H groups in total. The van der Waals surface area contributed by atoms with Gasteiger partial charge in [0.05, 0.1) is 12.8 Å². The van der Waals surface area contributed by atoms with Crippen molar-refractivity contribution in [2.75, 3.05) is 6.54 Å². The van der Waals surface area contributed by atoms with E-state index in [0.717, 1.165) is 0 Å². The molecule has 0 saturated heterocycles. The second-order valence-corrected chi connectivity index (χ2v) is 2.76. The molecular formula is C10H12N2O3. The minimum Gasteiger partial charge on any atom is -0.467 e. The predicted molar refractivity (Wildman–Crippen MR) is 53.8 cm³/mol. The highest BCUT2D eigenvalue weighted by molar-refractivity contribution is 6.35. The maximum Gasteiger partial charge on any atom is 0.309 e. The summed E-state index contributed by atoms with van der Waals surface area (Å²) in [5, 5.41) is 4.78. The molecule has 5 heteroatoms. The van der Waals surface area contributed by atoms with Gasteiger partial charge >= 0.3 is 11.8 Å². The van der Waals surface area contributed by atoms with Crippen molar-refractivity contribution in [2.45, 2.75) is 6.54 Å². The zero-order valence-corrected chi connectivity index (χ0v) is 8.16. The lowest BCUT2D eigenvalue weighted by Crippen LogP contribution is -2.39. The van der Waals surface area contributed by atoms with Gasteiger partial charge in [-0.05, 0) is 12.1 Å². The molecule has 1 aromatic rings. The molecule has 0 atom stereocenters. The Kier molecular flexibility index (Phi) is 4.15. The van der Waals surface area contributed by atoms with Crippen molar-refractivity contribution in [1.82, 2.24) is 10.6 Å². The summed E-state index contributed by atoms with van der Waals surface area (Å²) in [6.45, 7) is 3.89. The van der Waals surface area contributed by atoms with E-state index in [9.17, 15) is 9.59 Å². The molecule has 0 bridgehead atoms. The Bertz CT molecular complexity index is 344. The molecule has 0 aliphatic heterocycles. The Labute approximate surface area is 87.1 Å². The third kappa shape index (κ3) is 3.68. The quantitative estimate of drug-likeness (QED) is 0.548. The Morgan fingerprint density at radius 3 is 2.73 bits per heavy atom.